The van der Waals surface area contributed by atoms with Crippen LogP contribution in [0.15, 0.2) is 53.4 Å². The second kappa shape index (κ2) is 9.38. The molecule has 1 fully saturated rings. The van der Waals surface area contributed by atoms with E-state index in [4.69, 9.17) is 0 Å². The standard InChI is InChI=1S/C22H23N5O4S2/c1-14-5-7-17(8-6-14)24-20(29)22-26-25-21(32-22)19-4-3-13-27(19)33(30,31)18-11-9-16(10-12-18)23-15(2)28/h5-12,19H,3-4,13H2,1-2H3,(H,23,28)(H,24,29)/t19-/m0/s1. The van der Waals surface area contributed by atoms with E-state index in [9.17, 15) is 18.0 Å². The van der Waals surface area contributed by atoms with Gasteiger partial charge in [0.05, 0.1) is 10.9 Å². The lowest BCUT2D eigenvalue weighted by Gasteiger charge is -2.22. The lowest BCUT2D eigenvalue weighted by molar-refractivity contribution is -0.114. The fraction of sp³-hybridized carbons (Fsp3) is 0.273. The van der Waals surface area contributed by atoms with Crippen LogP contribution in [0.5, 0.6) is 0 Å². The van der Waals surface area contributed by atoms with Gasteiger partial charge in [0, 0.05) is 24.8 Å². The molecule has 0 aliphatic carbocycles. The molecule has 0 unspecified atom stereocenters. The van der Waals surface area contributed by atoms with Crippen LogP contribution >= 0.6 is 11.3 Å². The number of aryl methyl sites for hydroxylation is 1. The third kappa shape index (κ3) is 5.10. The van der Waals surface area contributed by atoms with E-state index < -0.39 is 16.1 Å². The van der Waals surface area contributed by atoms with E-state index in [-0.39, 0.29) is 21.7 Å². The molecule has 2 aromatic carbocycles. The number of nitrogens with one attached hydrogen (secondary N) is 2. The van der Waals surface area contributed by atoms with Crippen LogP contribution in [0.1, 0.15) is 46.2 Å². The van der Waals surface area contributed by atoms with Gasteiger partial charge in [-0.1, -0.05) is 29.0 Å². The number of benzene rings is 2. The highest BCUT2D eigenvalue weighted by Crippen LogP contribution is 2.38. The first kappa shape index (κ1) is 23.0. The van der Waals surface area contributed by atoms with Gasteiger partial charge in [0.2, 0.25) is 20.9 Å². The molecule has 1 aliphatic rings. The predicted molar refractivity (Wildman–Crippen MR) is 126 cm³/mol. The van der Waals surface area contributed by atoms with Crippen molar-refractivity contribution in [3.8, 4) is 0 Å². The number of carbonyl (C=O) groups is 2. The zero-order valence-corrected chi connectivity index (χ0v) is 19.7. The Morgan fingerprint density at radius 3 is 2.30 bits per heavy atom. The van der Waals surface area contributed by atoms with E-state index in [0.29, 0.717) is 35.8 Å². The molecule has 172 valence electrons. The summed E-state index contributed by atoms with van der Waals surface area (Å²) in [6.45, 7) is 3.70. The maximum Gasteiger partial charge on any atom is 0.286 e. The third-order valence-corrected chi connectivity index (χ3v) is 8.16. The molecule has 1 atom stereocenters. The Morgan fingerprint density at radius 2 is 1.64 bits per heavy atom. The Bertz CT molecular complexity index is 1270. The summed E-state index contributed by atoms with van der Waals surface area (Å²) >= 11 is 1.10. The summed E-state index contributed by atoms with van der Waals surface area (Å²) in [6.07, 6.45) is 1.27. The zero-order chi connectivity index (χ0) is 23.6. The van der Waals surface area contributed by atoms with E-state index >= 15 is 0 Å². The average molecular weight is 486 g/mol. The van der Waals surface area contributed by atoms with Crippen molar-refractivity contribution in [1.29, 1.82) is 0 Å². The smallest absolute Gasteiger partial charge is 0.286 e. The van der Waals surface area contributed by atoms with Crippen LogP contribution in [0.2, 0.25) is 0 Å². The largest absolute Gasteiger partial charge is 0.326 e. The predicted octanol–water partition coefficient (Wildman–Crippen LogP) is 3.58. The molecule has 11 heteroatoms. The van der Waals surface area contributed by atoms with Crippen LogP contribution in [-0.4, -0.2) is 41.3 Å². The molecule has 0 saturated carbocycles. The molecule has 4 rings (SSSR count). The maximum atomic E-state index is 13.3. The van der Waals surface area contributed by atoms with Crippen molar-refractivity contribution in [1.82, 2.24) is 14.5 Å². The molecular weight excluding hydrogens is 462 g/mol. The summed E-state index contributed by atoms with van der Waals surface area (Å²) in [5.41, 5.74) is 2.25. The maximum absolute atomic E-state index is 13.3. The van der Waals surface area contributed by atoms with Crippen LogP contribution < -0.4 is 10.6 Å². The lowest BCUT2D eigenvalue weighted by atomic mass is 10.2. The average Bonchev–Trinajstić information content (AvgIpc) is 3.45. The van der Waals surface area contributed by atoms with Gasteiger partial charge in [-0.3, -0.25) is 9.59 Å². The molecule has 2 heterocycles. The first-order valence-corrected chi connectivity index (χ1v) is 12.6. The van der Waals surface area contributed by atoms with Gasteiger partial charge in [-0.25, -0.2) is 8.42 Å². The molecule has 1 aliphatic heterocycles. The van der Waals surface area contributed by atoms with Gasteiger partial charge in [0.1, 0.15) is 5.01 Å². The molecule has 1 saturated heterocycles. The molecule has 3 aromatic rings. The minimum absolute atomic E-state index is 0.130. The minimum atomic E-state index is -3.79. The van der Waals surface area contributed by atoms with Crippen molar-refractivity contribution in [2.24, 2.45) is 0 Å². The van der Waals surface area contributed by atoms with Crippen molar-refractivity contribution < 1.29 is 18.0 Å². The summed E-state index contributed by atoms with van der Waals surface area (Å²) < 4.78 is 28.0. The SMILES string of the molecule is CC(=O)Nc1ccc(S(=O)(=O)N2CCC[C@H]2c2nnc(C(=O)Nc3ccc(C)cc3)s2)cc1. The van der Waals surface area contributed by atoms with Gasteiger partial charge in [-0.2, -0.15) is 4.31 Å². The van der Waals surface area contributed by atoms with E-state index in [1.807, 2.05) is 19.1 Å². The number of hydrogen-bond donors (Lipinski definition) is 2. The van der Waals surface area contributed by atoms with Crippen molar-refractivity contribution in [3.63, 3.8) is 0 Å². The number of nitrogens with zero attached hydrogens (tertiary/aromatic N) is 3. The third-order valence-electron chi connectivity index (χ3n) is 5.21. The fourth-order valence-corrected chi connectivity index (χ4v) is 6.22. The molecule has 2 N–H and O–H groups in total. The molecule has 1 aromatic heterocycles. The van der Waals surface area contributed by atoms with E-state index in [0.717, 1.165) is 16.9 Å². The lowest BCUT2D eigenvalue weighted by Crippen LogP contribution is -2.30. The molecule has 0 spiro atoms. The van der Waals surface area contributed by atoms with E-state index in [2.05, 4.69) is 20.8 Å². The van der Waals surface area contributed by atoms with Crippen LogP contribution in [0.25, 0.3) is 0 Å². The van der Waals surface area contributed by atoms with Gasteiger partial charge in [-0.05, 0) is 56.2 Å². The normalized spacial score (nSPS) is 16.5. The molecule has 33 heavy (non-hydrogen) atoms. The molecular formula is C22H23N5O4S2. The quantitative estimate of drug-likeness (QED) is 0.550. The summed E-state index contributed by atoms with van der Waals surface area (Å²) in [6, 6.07) is 13.0. The van der Waals surface area contributed by atoms with Gasteiger partial charge >= 0.3 is 0 Å². The second-order valence-corrected chi connectivity index (χ2v) is 10.6. The van der Waals surface area contributed by atoms with Crippen molar-refractivity contribution in [2.45, 2.75) is 37.6 Å². The Kier molecular flexibility index (Phi) is 6.54. The molecule has 2 amide bonds. The number of anilines is 2. The Morgan fingerprint density at radius 1 is 1.00 bits per heavy atom. The minimum Gasteiger partial charge on any atom is -0.326 e. The van der Waals surface area contributed by atoms with Gasteiger partial charge in [0.15, 0.2) is 0 Å². The number of hydrogen-bond acceptors (Lipinski definition) is 7. The Hall–Kier alpha value is -3.15. The van der Waals surface area contributed by atoms with E-state index in [1.54, 1.807) is 24.3 Å². The highest BCUT2D eigenvalue weighted by molar-refractivity contribution is 7.89. The van der Waals surface area contributed by atoms with Crippen molar-refractivity contribution in [2.75, 3.05) is 17.2 Å². The summed E-state index contributed by atoms with van der Waals surface area (Å²) in [5, 5.41) is 14.2. The highest BCUT2D eigenvalue weighted by Gasteiger charge is 2.38. The van der Waals surface area contributed by atoms with Gasteiger partial charge < -0.3 is 10.6 Å². The van der Waals surface area contributed by atoms with Gasteiger partial charge in [-0.15, -0.1) is 10.2 Å². The van der Waals surface area contributed by atoms with Gasteiger partial charge in [0.25, 0.3) is 5.91 Å². The number of sulfonamides is 1. The number of carbonyl (C=O) groups excluding carboxylic acids is 2. The fourth-order valence-electron chi connectivity index (χ4n) is 3.61. The summed E-state index contributed by atoms with van der Waals surface area (Å²) in [7, 11) is -3.79. The first-order valence-electron chi connectivity index (χ1n) is 10.3. The highest BCUT2D eigenvalue weighted by atomic mass is 32.2. The number of amides is 2. The Balaban J connectivity index is 1.51. The summed E-state index contributed by atoms with van der Waals surface area (Å²) in [5.74, 6) is -0.618. The Labute approximate surface area is 195 Å². The first-order chi connectivity index (χ1) is 15.7. The van der Waals surface area contributed by atoms with Crippen molar-refractivity contribution in [3.05, 3.63) is 64.1 Å². The second-order valence-electron chi connectivity index (χ2n) is 7.74. The molecule has 0 bridgehead atoms. The molecule has 9 nitrogen and oxygen atoms in total. The molecule has 0 radical (unpaired) electrons. The van der Waals surface area contributed by atoms with Crippen molar-refractivity contribution >= 4 is 44.5 Å². The number of aromatic nitrogens is 2. The van der Waals surface area contributed by atoms with Crippen LogP contribution in [0, 0.1) is 6.92 Å². The van der Waals surface area contributed by atoms with Crippen LogP contribution in [0.4, 0.5) is 11.4 Å². The summed E-state index contributed by atoms with van der Waals surface area (Å²) in [4.78, 5) is 23.9. The topological polar surface area (TPSA) is 121 Å². The monoisotopic (exact) mass is 485 g/mol. The van der Waals surface area contributed by atoms with Crippen LogP contribution in [-0.2, 0) is 14.8 Å². The van der Waals surface area contributed by atoms with Crippen LogP contribution in [0.3, 0.4) is 0 Å². The zero-order valence-electron chi connectivity index (χ0n) is 18.1. The number of rotatable bonds is 6. The van der Waals surface area contributed by atoms with E-state index in [1.165, 1.54) is 23.4 Å².